The lowest BCUT2D eigenvalue weighted by Crippen LogP contribution is -2.36. The number of aromatic nitrogens is 1. The van der Waals surface area contributed by atoms with Crippen LogP contribution in [-0.4, -0.2) is 29.6 Å². The molecule has 0 unspecified atom stereocenters. The molecule has 1 atom stereocenters. The van der Waals surface area contributed by atoms with Crippen LogP contribution in [0.5, 0.6) is 0 Å². The number of fused-ring (bicyclic) bond motifs is 1. The third-order valence-corrected chi connectivity index (χ3v) is 4.60. The van der Waals surface area contributed by atoms with Crippen LogP contribution in [0.1, 0.15) is 37.5 Å². The molecule has 2 heterocycles. The molecule has 138 valence electrons. The molecule has 1 aromatic carbocycles. The Hall–Kier alpha value is -2.40. The highest BCUT2D eigenvalue weighted by molar-refractivity contribution is 5.80. The van der Waals surface area contributed by atoms with E-state index in [-0.39, 0.29) is 12.0 Å². The van der Waals surface area contributed by atoms with Crippen LogP contribution in [0.15, 0.2) is 42.6 Å². The highest BCUT2D eigenvalue weighted by Gasteiger charge is 2.20. The van der Waals surface area contributed by atoms with E-state index in [9.17, 15) is 4.79 Å². The molecule has 0 spiro atoms. The van der Waals surface area contributed by atoms with E-state index >= 15 is 0 Å². The minimum absolute atomic E-state index is 0.0260. The molecule has 5 heteroatoms. The number of nitrogens with zero attached hydrogens (tertiary/aromatic N) is 2. The smallest absolute Gasteiger partial charge is 0.249 e. The second kappa shape index (κ2) is 8.32. The minimum atomic E-state index is -0.461. The van der Waals surface area contributed by atoms with Gasteiger partial charge in [0.15, 0.2) is 0 Å². The summed E-state index contributed by atoms with van der Waals surface area (Å²) in [6.45, 7) is 7.87. The van der Waals surface area contributed by atoms with E-state index in [1.54, 1.807) is 6.92 Å². The summed E-state index contributed by atoms with van der Waals surface area (Å²) in [6, 6.07) is 12.5. The maximum Gasteiger partial charge on any atom is 0.249 e. The van der Waals surface area contributed by atoms with E-state index in [0.717, 1.165) is 30.9 Å². The summed E-state index contributed by atoms with van der Waals surface area (Å²) in [5.41, 5.74) is 3.78. The summed E-state index contributed by atoms with van der Waals surface area (Å²) < 4.78 is 5.55. The van der Waals surface area contributed by atoms with E-state index in [4.69, 9.17) is 4.74 Å². The monoisotopic (exact) mass is 353 g/mol. The topological polar surface area (TPSA) is 54.5 Å². The first kappa shape index (κ1) is 18.4. The average molecular weight is 353 g/mol. The molecule has 1 aliphatic heterocycles. The van der Waals surface area contributed by atoms with Crippen molar-refractivity contribution < 1.29 is 9.53 Å². The fraction of sp³-hybridized carbons (Fsp3) is 0.429. The molecule has 0 saturated heterocycles. The van der Waals surface area contributed by atoms with Gasteiger partial charge in [-0.05, 0) is 44.4 Å². The number of hydrogen-bond acceptors (Lipinski definition) is 4. The Balaban J connectivity index is 1.68. The summed E-state index contributed by atoms with van der Waals surface area (Å²) in [7, 11) is 0. The van der Waals surface area contributed by atoms with Crippen molar-refractivity contribution in [2.24, 2.45) is 0 Å². The number of pyridine rings is 1. The zero-order chi connectivity index (χ0) is 18.5. The van der Waals surface area contributed by atoms with Gasteiger partial charge in [0, 0.05) is 31.4 Å². The molecule has 1 amide bonds. The second-order valence-corrected chi connectivity index (χ2v) is 6.97. The largest absolute Gasteiger partial charge is 0.366 e. The zero-order valence-electron chi connectivity index (χ0n) is 15.7. The molecular formula is C21H27N3O2. The van der Waals surface area contributed by atoms with Crippen LogP contribution in [0.4, 0.5) is 5.82 Å². The van der Waals surface area contributed by atoms with Gasteiger partial charge in [-0.1, -0.05) is 30.3 Å². The van der Waals surface area contributed by atoms with Crippen molar-refractivity contribution in [3.8, 4) is 0 Å². The van der Waals surface area contributed by atoms with Gasteiger partial charge in [-0.3, -0.25) is 4.79 Å². The molecule has 0 fully saturated rings. The van der Waals surface area contributed by atoms with Crippen molar-refractivity contribution in [2.45, 2.75) is 52.5 Å². The molecule has 0 saturated carbocycles. The number of anilines is 1. The number of carbonyl (C=O) groups is 1. The third-order valence-electron chi connectivity index (χ3n) is 4.60. The van der Waals surface area contributed by atoms with Gasteiger partial charge in [-0.25, -0.2) is 4.98 Å². The average Bonchev–Trinajstić information content (AvgIpc) is 2.65. The number of hydrogen-bond donors (Lipinski definition) is 1. The van der Waals surface area contributed by atoms with E-state index in [2.05, 4.69) is 39.5 Å². The highest BCUT2D eigenvalue weighted by Crippen LogP contribution is 2.25. The number of rotatable bonds is 6. The maximum atomic E-state index is 12.2. The maximum absolute atomic E-state index is 12.2. The standard InChI is InChI=1S/C21H27N3O2/c1-15(2)26-16(3)21(25)23-13-18-9-6-11-22-20(18)24-12-10-17-7-4-5-8-19(17)14-24/h4-9,11,15-16H,10,12-14H2,1-3H3,(H,23,25)/t16-/m1/s1. The number of carbonyl (C=O) groups excluding carboxylic acids is 1. The van der Waals surface area contributed by atoms with Crippen LogP contribution < -0.4 is 10.2 Å². The van der Waals surface area contributed by atoms with Crippen molar-refractivity contribution >= 4 is 11.7 Å². The van der Waals surface area contributed by atoms with Gasteiger partial charge in [-0.2, -0.15) is 0 Å². The van der Waals surface area contributed by atoms with Crippen molar-refractivity contribution in [1.29, 1.82) is 0 Å². The number of benzene rings is 1. The molecule has 3 rings (SSSR count). The molecule has 26 heavy (non-hydrogen) atoms. The lowest BCUT2D eigenvalue weighted by atomic mass is 9.99. The summed E-state index contributed by atoms with van der Waals surface area (Å²) in [5, 5.41) is 2.97. The van der Waals surface area contributed by atoms with Crippen molar-refractivity contribution in [3.05, 3.63) is 59.3 Å². The van der Waals surface area contributed by atoms with Gasteiger partial charge in [0.05, 0.1) is 6.10 Å². The van der Waals surface area contributed by atoms with Crippen LogP contribution in [-0.2, 0) is 29.0 Å². The number of amides is 1. The number of ether oxygens (including phenoxy) is 1. The van der Waals surface area contributed by atoms with Gasteiger partial charge in [-0.15, -0.1) is 0 Å². The first-order chi connectivity index (χ1) is 12.5. The van der Waals surface area contributed by atoms with Gasteiger partial charge in [0.2, 0.25) is 5.91 Å². The molecule has 1 aliphatic rings. The van der Waals surface area contributed by atoms with E-state index in [0.29, 0.717) is 6.54 Å². The van der Waals surface area contributed by atoms with Crippen molar-refractivity contribution in [1.82, 2.24) is 10.3 Å². The van der Waals surface area contributed by atoms with Gasteiger partial charge < -0.3 is 15.0 Å². The summed E-state index contributed by atoms with van der Waals surface area (Å²) in [4.78, 5) is 19.1. The fourth-order valence-corrected chi connectivity index (χ4v) is 3.33. The molecule has 5 nitrogen and oxygen atoms in total. The van der Waals surface area contributed by atoms with Crippen LogP contribution in [0.2, 0.25) is 0 Å². The van der Waals surface area contributed by atoms with Crippen molar-refractivity contribution in [2.75, 3.05) is 11.4 Å². The van der Waals surface area contributed by atoms with Crippen LogP contribution >= 0.6 is 0 Å². The Labute approximate surface area is 155 Å². The molecule has 1 N–H and O–H groups in total. The predicted molar refractivity (Wildman–Crippen MR) is 103 cm³/mol. The second-order valence-electron chi connectivity index (χ2n) is 6.97. The van der Waals surface area contributed by atoms with Crippen molar-refractivity contribution in [3.63, 3.8) is 0 Å². The lowest BCUT2D eigenvalue weighted by Gasteiger charge is -2.31. The summed E-state index contributed by atoms with van der Waals surface area (Å²) >= 11 is 0. The Morgan fingerprint density at radius 3 is 2.73 bits per heavy atom. The quantitative estimate of drug-likeness (QED) is 0.867. The predicted octanol–water partition coefficient (Wildman–Crippen LogP) is 3.07. The van der Waals surface area contributed by atoms with E-state index in [1.165, 1.54) is 11.1 Å². The zero-order valence-corrected chi connectivity index (χ0v) is 15.7. The first-order valence-electron chi connectivity index (χ1n) is 9.23. The van der Waals surface area contributed by atoms with Gasteiger partial charge in [0.25, 0.3) is 0 Å². The van der Waals surface area contributed by atoms with Gasteiger partial charge >= 0.3 is 0 Å². The Morgan fingerprint density at radius 1 is 1.19 bits per heavy atom. The van der Waals surface area contributed by atoms with E-state index in [1.807, 2.05) is 32.2 Å². The third kappa shape index (κ3) is 4.41. The fourth-order valence-electron chi connectivity index (χ4n) is 3.33. The number of nitrogens with one attached hydrogen (secondary N) is 1. The Morgan fingerprint density at radius 2 is 1.96 bits per heavy atom. The van der Waals surface area contributed by atoms with Crippen LogP contribution in [0.25, 0.3) is 0 Å². The lowest BCUT2D eigenvalue weighted by molar-refractivity contribution is -0.134. The molecule has 0 radical (unpaired) electrons. The van der Waals surface area contributed by atoms with Crippen LogP contribution in [0.3, 0.4) is 0 Å². The summed E-state index contributed by atoms with van der Waals surface area (Å²) in [6.07, 6.45) is 2.39. The van der Waals surface area contributed by atoms with E-state index < -0.39 is 6.10 Å². The molecule has 0 aliphatic carbocycles. The summed E-state index contributed by atoms with van der Waals surface area (Å²) in [5.74, 6) is 0.845. The molecule has 0 bridgehead atoms. The SMILES string of the molecule is CC(C)O[C@H](C)C(=O)NCc1cccnc1N1CCc2ccccc2C1. The van der Waals surface area contributed by atoms with Gasteiger partial charge in [0.1, 0.15) is 11.9 Å². The van der Waals surface area contributed by atoms with Crippen LogP contribution in [0, 0.1) is 0 Å². The molecule has 1 aromatic heterocycles. The molecular weight excluding hydrogens is 326 g/mol. The minimum Gasteiger partial charge on any atom is -0.366 e. The Bertz CT molecular complexity index is 760. The normalized spacial score (nSPS) is 14.8. The molecule has 2 aromatic rings. The Kier molecular flexibility index (Phi) is 5.89. The first-order valence-corrected chi connectivity index (χ1v) is 9.23. The highest BCUT2D eigenvalue weighted by atomic mass is 16.5.